The van der Waals surface area contributed by atoms with Gasteiger partial charge in [0.15, 0.2) is 11.5 Å². The van der Waals surface area contributed by atoms with Crippen LogP contribution >= 0.6 is 0 Å². The van der Waals surface area contributed by atoms with Crippen LogP contribution in [0.2, 0.25) is 0 Å². The number of methoxy groups -OCH3 is 2. The molecule has 0 saturated carbocycles. The Bertz CT molecular complexity index is 613. The van der Waals surface area contributed by atoms with Gasteiger partial charge in [-0.05, 0) is 42.7 Å². The zero-order valence-electron chi connectivity index (χ0n) is 14.7. The van der Waals surface area contributed by atoms with E-state index in [0.717, 1.165) is 42.0 Å². The first-order chi connectivity index (χ1) is 11.7. The largest absolute Gasteiger partial charge is 0.493 e. The zero-order chi connectivity index (χ0) is 17.4. The van der Waals surface area contributed by atoms with Gasteiger partial charge in [0.2, 0.25) is 0 Å². The van der Waals surface area contributed by atoms with E-state index in [1.165, 1.54) is 0 Å². The highest BCUT2D eigenvalue weighted by Gasteiger charge is 2.25. The minimum atomic E-state index is -0.165. The predicted molar refractivity (Wildman–Crippen MR) is 97.5 cm³/mol. The third-order valence-electron chi connectivity index (χ3n) is 4.05. The van der Waals surface area contributed by atoms with Crippen molar-refractivity contribution in [1.29, 1.82) is 0 Å². The average molecular weight is 329 g/mol. The fraction of sp³-hybridized carbons (Fsp3) is 0.400. The molecule has 2 aromatic carbocycles. The fourth-order valence-electron chi connectivity index (χ4n) is 2.74. The molecular formula is C20H27NO3. The standard InChI is InChI=1S/C20H27NO3/c1-4-5-8-19(24-18-10-7-6-9-17(18)22-2)20(23-3)15-11-13-16(21)14-12-15/h6-7,9-14,19-20H,4-5,8,21H2,1-3H3. The molecule has 0 amide bonds. The Kier molecular flexibility index (Phi) is 6.94. The summed E-state index contributed by atoms with van der Waals surface area (Å²) in [5, 5.41) is 0. The van der Waals surface area contributed by atoms with Gasteiger partial charge in [0.25, 0.3) is 0 Å². The van der Waals surface area contributed by atoms with Crippen molar-refractivity contribution in [3.05, 3.63) is 54.1 Å². The second kappa shape index (κ2) is 9.18. The first-order valence-corrected chi connectivity index (χ1v) is 8.37. The summed E-state index contributed by atoms with van der Waals surface area (Å²) in [6, 6.07) is 15.5. The van der Waals surface area contributed by atoms with E-state index in [2.05, 4.69) is 6.92 Å². The number of hydrogen-bond donors (Lipinski definition) is 1. The topological polar surface area (TPSA) is 53.7 Å². The summed E-state index contributed by atoms with van der Waals surface area (Å²) in [6.07, 6.45) is 2.80. The lowest BCUT2D eigenvalue weighted by atomic mass is 9.99. The van der Waals surface area contributed by atoms with Crippen molar-refractivity contribution >= 4 is 5.69 Å². The Labute approximate surface area is 144 Å². The van der Waals surface area contributed by atoms with Crippen LogP contribution < -0.4 is 15.2 Å². The van der Waals surface area contributed by atoms with Crippen LogP contribution in [0.1, 0.15) is 37.9 Å². The molecule has 0 aliphatic carbocycles. The number of ether oxygens (including phenoxy) is 3. The number of para-hydroxylation sites is 2. The van der Waals surface area contributed by atoms with Crippen molar-refractivity contribution in [2.45, 2.75) is 38.4 Å². The van der Waals surface area contributed by atoms with Crippen LogP contribution in [0.15, 0.2) is 48.5 Å². The molecule has 2 rings (SSSR count). The third kappa shape index (κ3) is 4.65. The maximum Gasteiger partial charge on any atom is 0.161 e. The Morgan fingerprint density at radius 2 is 1.62 bits per heavy atom. The molecule has 4 nitrogen and oxygen atoms in total. The van der Waals surface area contributed by atoms with Crippen molar-refractivity contribution < 1.29 is 14.2 Å². The van der Waals surface area contributed by atoms with Crippen molar-refractivity contribution in [3.63, 3.8) is 0 Å². The highest BCUT2D eigenvalue weighted by molar-refractivity contribution is 5.41. The number of hydrogen-bond acceptors (Lipinski definition) is 4. The van der Waals surface area contributed by atoms with Gasteiger partial charge in [0, 0.05) is 12.8 Å². The van der Waals surface area contributed by atoms with Crippen LogP contribution in [0.4, 0.5) is 5.69 Å². The van der Waals surface area contributed by atoms with Crippen LogP contribution in [-0.2, 0) is 4.74 Å². The molecular weight excluding hydrogens is 302 g/mol. The van der Waals surface area contributed by atoms with Crippen molar-refractivity contribution in [2.75, 3.05) is 20.0 Å². The summed E-state index contributed by atoms with van der Waals surface area (Å²) in [5.41, 5.74) is 7.60. The van der Waals surface area contributed by atoms with Crippen LogP contribution in [0.5, 0.6) is 11.5 Å². The Hall–Kier alpha value is -2.20. The Balaban J connectivity index is 2.26. The molecule has 0 aromatic heterocycles. The maximum absolute atomic E-state index is 6.30. The summed E-state index contributed by atoms with van der Waals surface area (Å²) in [5.74, 6) is 1.46. The molecule has 4 heteroatoms. The number of unbranched alkanes of at least 4 members (excludes halogenated alkanes) is 1. The molecule has 2 N–H and O–H groups in total. The monoisotopic (exact) mass is 329 g/mol. The molecule has 0 radical (unpaired) electrons. The molecule has 0 heterocycles. The van der Waals surface area contributed by atoms with E-state index >= 15 is 0 Å². The first-order valence-electron chi connectivity index (χ1n) is 8.37. The van der Waals surface area contributed by atoms with Crippen molar-refractivity contribution in [1.82, 2.24) is 0 Å². The Morgan fingerprint density at radius 3 is 2.21 bits per heavy atom. The second-order valence-corrected chi connectivity index (χ2v) is 5.77. The van der Waals surface area contributed by atoms with Gasteiger partial charge >= 0.3 is 0 Å². The minimum absolute atomic E-state index is 0.102. The molecule has 0 fully saturated rings. The molecule has 24 heavy (non-hydrogen) atoms. The van der Waals surface area contributed by atoms with Gasteiger partial charge in [0.05, 0.1) is 7.11 Å². The van der Waals surface area contributed by atoms with E-state index in [1.54, 1.807) is 14.2 Å². The van der Waals surface area contributed by atoms with Crippen molar-refractivity contribution in [2.24, 2.45) is 0 Å². The van der Waals surface area contributed by atoms with Crippen LogP contribution in [0.25, 0.3) is 0 Å². The van der Waals surface area contributed by atoms with E-state index in [-0.39, 0.29) is 12.2 Å². The minimum Gasteiger partial charge on any atom is -0.493 e. The number of anilines is 1. The quantitative estimate of drug-likeness (QED) is 0.683. The van der Waals surface area contributed by atoms with Gasteiger partial charge in [-0.1, -0.05) is 37.6 Å². The van der Waals surface area contributed by atoms with Gasteiger partial charge in [-0.15, -0.1) is 0 Å². The molecule has 0 bridgehead atoms. The van der Waals surface area contributed by atoms with Crippen LogP contribution in [0, 0.1) is 0 Å². The molecule has 0 spiro atoms. The predicted octanol–water partition coefficient (Wildman–Crippen LogP) is 4.60. The van der Waals surface area contributed by atoms with E-state index in [0.29, 0.717) is 0 Å². The smallest absolute Gasteiger partial charge is 0.161 e. The van der Waals surface area contributed by atoms with Gasteiger partial charge in [0.1, 0.15) is 12.2 Å². The van der Waals surface area contributed by atoms with Gasteiger partial charge < -0.3 is 19.9 Å². The number of rotatable bonds is 9. The van der Waals surface area contributed by atoms with E-state index < -0.39 is 0 Å². The summed E-state index contributed by atoms with van der Waals surface area (Å²) in [7, 11) is 3.36. The molecule has 2 atom stereocenters. The van der Waals surface area contributed by atoms with Gasteiger partial charge in [-0.2, -0.15) is 0 Å². The van der Waals surface area contributed by atoms with Crippen LogP contribution in [-0.4, -0.2) is 20.3 Å². The summed E-state index contributed by atoms with van der Waals surface area (Å²) in [4.78, 5) is 0. The van der Waals surface area contributed by atoms with E-state index in [9.17, 15) is 0 Å². The van der Waals surface area contributed by atoms with Gasteiger partial charge in [-0.25, -0.2) is 0 Å². The lowest BCUT2D eigenvalue weighted by molar-refractivity contribution is -0.00540. The lowest BCUT2D eigenvalue weighted by Gasteiger charge is -2.28. The van der Waals surface area contributed by atoms with Crippen molar-refractivity contribution in [3.8, 4) is 11.5 Å². The third-order valence-corrected chi connectivity index (χ3v) is 4.05. The molecule has 0 aliphatic heterocycles. The zero-order valence-corrected chi connectivity index (χ0v) is 14.7. The summed E-state index contributed by atoms with van der Waals surface area (Å²) < 4.78 is 17.5. The van der Waals surface area contributed by atoms with E-state index in [4.69, 9.17) is 19.9 Å². The lowest BCUT2D eigenvalue weighted by Crippen LogP contribution is -2.27. The molecule has 2 aromatic rings. The summed E-state index contributed by atoms with van der Waals surface area (Å²) >= 11 is 0. The number of benzene rings is 2. The number of nitrogen functional groups attached to an aromatic ring is 1. The first kappa shape index (κ1) is 18.1. The molecule has 0 aliphatic rings. The number of nitrogens with two attached hydrogens (primary N) is 1. The summed E-state index contributed by atoms with van der Waals surface area (Å²) in [6.45, 7) is 2.17. The van der Waals surface area contributed by atoms with Gasteiger partial charge in [-0.3, -0.25) is 0 Å². The van der Waals surface area contributed by atoms with E-state index in [1.807, 2.05) is 48.5 Å². The Morgan fingerprint density at radius 1 is 0.958 bits per heavy atom. The SMILES string of the molecule is CCCCC(Oc1ccccc1OC)C(OC)c1ccc(N)cc1. The molecule has 130 valence electrons. The molecule has 0 saturated heterocycles. The fourth-order valence-corrected chi connectivity index (χ4v) is 2.74. The second-order valence-electron chi connectivity index (χ2n) is 5.77. The average Bonchev–Trinajstić information content (AvgIpc) is 2.62. The molecule has 2 unspecified atom stereocenters. The normalized spacial score (nSPS) is 13.3. The highest BCUT2D eigenvalue weighted by Crippen LogP contribution is 2.33. The van der Waals surface area contributed by atoms with Crippen LogP contribution in [0.3, 0.4) is 0 Å². The maximum atomic E-state index is 6.30. The highest BCUT2D eigenvalue weighted by atomic mass is 16.5.